The van der Waals surface area contributed by atoms with E-state index in [1.165, 1.54) is 30.0 Å². The van der Waals surface area contributed by atoms with Crippen LogP contribution in [0.25, 0.3) is 0 Å². The first kappa shape index (κ1) is 12.2. The van der Waals surface area contributed by atoms with Gasteiger partial charge in [0, 0.05) is 12.2 Å². The second-order valence-electron chi connectivity index (χ2n) is 5.29. The van der Waals surface area contributed by atoms with Crippen LogP contribution in [0.1, 0.15) is 35.4 Å². The highest BCUT2D eigenvalue weighted by atomic mass is 19.1. The molecule has 1 aliphatic rings. The minimum atomic E-state index is -0.191. The molecule has 1 aliphatic carbocycles. The number of anilines is 1. The van der Waals surface area contributed by atoms with E-state index >= 15 is 0 Å². The predicted octanol–water partition coefficient (Wildman–Crippen LogP) is 4.62. The van der Waals surface area contributed by atoms with Gasteiger partial charge >= 0.3 is 0 Å². The Balaban J connectivity index is 1.77. The normalized spacial score (nSPS) is 14.4. The second kappa shape index (κ2) is 5.04. The molecule has 1 nitrogen and oxygen atoms in total. The van der Waals surface area contributed by atoms with Crippen LogP contribution in [0, 0.1) is 12.7 Å². The summed E-state index contributed by atoms with van der Waals surface area (Å²) in [7, 11) is 0. The fraction of sp³-hybridized carbons (Fsp3) is 0.294. The topological polar surface area (TPSA) is 12.0 Å². The summed E-state index contributed by atoms with van der Waals surface area (Å²) in [6, 6.07) is 13.4. The van der Waals surface area contributed by atoms with E-state index in [2.05, 4.69) is 29.6 Å². The van der Waals surface area contributed by atoms with Crippen LogP contribution in [0.3, 0.4) is 0 Å². The summed E-state index contributed by atoms with van der Waals surface area (Å²) in [6.45, 7) is 2.76. The molecule has 0 aliphatic heterocycles. The van der Waals surface area contributed by atoms with Gasteiger partial charge in [-0.1, -0.05) is 30.3 Å². The van der Waals surface area contributed by atoms with E-state index in [4.69, 9.17) is 0 Å². The zero-order valence-electron chi connectivity index (χ0n) is 11.1. The van der Waals surface area contributed by atoms with E-state index < -0.39 is 0 Å². The Labute approximate surface area is 113 Å². The summed E-state index contributed by atoms with van der Waals surface area (Å²) in [4.78, 5) is 0. The summed E-state index contributed by atoms with van der Waals surface area (Å²) in [5, 5.41) is 3.35. The minimum Gasteiger partial charge on any atom is -0.381 e. The van der Waals surface area contributed by atoms with Crippen LogP contribution in [0.2, 0.25) is 0 Å². The average Bonchev–Trinajstić information content (AvgIpc) is 3.25. The first-order chi connectivity index (χ1) is 9.24. The third-order valence-corrected chi connectivity index (χ3v) is 3.74. The van der Waals surface area contributed by atoms with E-state index in [9.17, 15) is 4.39 Å². The largest absolute Gasteiger partial charge is 0.381 e. The van der Waals surface area contributed by atoms with Crippen molar-refractivity contribution in [3.8, 4) is 0 Å². The quantitative estimate of drug-likeness (QED) is 0.840. The zero-order valence-corrected chi connectivity index (χ0v) is 11.1. The highest BCUT2D eigenvalue weighted by molar-refractivity contribution is 5.51. The standard InChI is InChI=1S/C17H18FN/c1-12-6-9-15(18)10-17(12)19-11-14-4-2-3-5-16(14)13-7-8-13/h2-6,9-10,13,19H,7-8,11H2,1H3. The molecular weight excluding hydrogens is 237 g/mol. The van der Waals surface area contributed by atoms with Crippen molar-refractivity contribution in [1.82, 2.24) is 0 Å². The van der Waals surface area contributed by atoms with E-state index in [-0.39, 0.29) is 5.82 Å². The van der Waals surface area contributed by atoms with Crippen molar-refractivity contribution in [2.24, 2.45) is 0 Å². The molecule has 1 saturated carbocycles. The van der Waals surface area contributed by atoms with Crippen molar-refractivity contribution in [3.05, 3.63) is 65.0 Å². The smallest absolute Gasteiger partial charge is 0.125 e. The number of halogens is 1. The van der Waals surface area contributed by atoms with Gasteiger partial charge in [0.1, 0.15) is 5.82 Å². The van der Waals surface area contributed by atoms with Crippen LogP contribution < -0.4 is 5.32 Å². The van der Waals surface area contributed by atoms with E-state index in [0.29, 0.717) is 0 Å². The van der Waals surface area contributed by atoms with E-state index in [1.807, 2.05) is 13.0 Å². The molecule has 0 amide bonds. The molecule has 98 valence electrons. The summed E-state index contributed by atoms with van der Waals surface area (Å²) in [5.41, 5.74) is 4.73. The molecule has 0 unspecified atom stereocenters. The van der Waals surface area contributed by atoms with Crippen LogP contribution in [-0.2, 0) is 6.54 Å². The fourth-order valence-corrected chi connectivity index (χ4v) is 2.46. The van der Waals surface area contributed by atoms with Gasteiger partial charge in [-0.15, -0.1) is 0 Å². The molecule has 2 heteroatoms. The number of hydrogen-bond acceptors (Lipinski definition) is 1. The van der Waals surface area contributed by atoms with E-state index in [1.54, 1.807) is 6.07 Å². The van der Waals surface area contributed by atoms with Crippen LogP contribution in [-0.4, -0.2) is 0 Å². The molecule has 2 aromatic rings. The lowest BCUT2D eigenvalue weighted by Gasteiger charge is -2.12. The van der Waals surface area contributed by atoms with Gasteiger partial charge in [-0.25, -0.2) is 4.39 Å². The Hall–Kier alpha value is -1.83. The van der Waals surface area contributed by atoms with Gasteiger partial charge in [0.15, 0.2) is 0 Å². The molecule has 19 heavy (non-hydrogen) atoms. The van der Waals surface area contributed by atoms with Gasteiger partial charge in [-0.2, -0.15) is 0 Å². The Morgan fingerprint density at radius 2 is 1.95 bits per heavy atom. The molecular formula is C17H18FN. The molecule has 1 N–H and O–H groups in total. The molecule has 2 aromatic carbocycles. The van der Waals surface area contributed by atoms with Crippen LogP contribution in [0.5, 0.6) is 0 Å². The molecule has 0 radical (unpaired) electrons. The maximum Gasteiger partial charge on any atom is 0.125 e. The molecule has 0 spiro atoms. The first-order valence-electron chi connectivity index (χ1n) is 6.82. The Bertz CT molecular complexity index is 588. The lowest BCUT2D eigenvalue weighted by atomic mass is 10.0. The van der Waals surface area contributed by atoms with Crippen molar-refractivity contribution in [2.75, 3.05) is 5.32 Å². The number of rotatable bonds is 4. The molecule has 0 saturated heterocycles. The molecule has 0 heterocycles. The predicted molar refractivity (Wildman–Crippen MR) is 76.9 cm³/mol. The van der Waals surface area contributed by atoms with Crippen molar-refractivity contribution in [2.45, 2.75) is 32.2 Å². The SMILES string of the molecule is Cc1ccc(F)cc1NCc1ccccc1C1CC1. The third kappa shape index (κ3) is 2.78. The molecule has 0 bridgehead atoms. The van der Waals surface area contributed by atoms with Crippen molar-refractivity contribution >= 4 is 5.69 Å². The lowest BCUT2D eigenvalue weighted by molar-refractivity contribution is 0.628. The maximum absolute atomic E-state index is 13.3. The molecule has 1 fully saturated rings. The van der Waals surface area contributed by atoms with Gasteiger partial charge in [0.2, 0.25) is 0 Å². The maximum atomic E-state index is 13.3. The zero-order chi connectivity index (χ0) is 13.2. The van der Waals surface area contributed by atoms with Gasteiger partial charge in [-0.3, -0.25) is 0 Å². The van der Waals surface area contributed by atoms with Crippen molar-refractivity contribution in [3.63, 3.8) is 0 Å². The van der Waals surface area contributed by atoms with Crippen molar-refractivity contribution < 1.29 is 4.39 Å². The van der Waals surface area contributed by atoms with Crippen molar-refractivity contribution in [1.29, 1.82) is 0 Å². The van der Waals surface area contributed by atoms with Gasteiger partial charge < -0.3 is 5.32 Å². The minimum absolute atomic E-state index is 0.191. The molecule has 0 atom stereocenters. The summed E-state index contributed by atoms with van der Waals surface area (Å²) >= 11 is 0. The molecule has 3 rings (SSSR count). The Morgan fingerprint density at radius 3 is 2.74 bits per heavy atom. The highest BCUT2D eigenvalue weighted by Gasteiger charge is 2.25. The van der Waals surface area contributed by atoms with E-state index in [0.717, 1.165) is 23.7 Å². The number of hydrogen-bond donors (Lipinski definition) is 1. The van der Waals surface area contributed by atoms with Crippen LogP contribution in [0.4, 0.5) is 10.1 Å². The Kier molecular flexibility index (Phi) is 3.24. The average molecular weight is 255 g/mol. The fourth-order valence-electron chi connectivity index (χ4n) is 2.46. The lowest BCUT2D eigenvalue weighted by Crippen LogP contribution is -2.04. The first-order valence-corrected chi connectivity index (χ1v) is 6.82. The van der Waals surface area contributed by atoms with Gasteiger partial charge in [0.05, 0.1) is 0 Å². The number of aryl methyl sites for hydroxylation is 1. The van der Waals surface area contributed by atoms with Gasteiger partial charge in [-0.05, 0) is 54.5 Å². The number of nitrogens with one attached hydrogen (secondary N) is 1. The Morgan fingerprint density at radius 1 is 1.16 bits per heavy atom. The number of benzene rings is 2. The van der Waals surface area contributed by atoms with Gasteiger partial charge in [0.25, 0.3) is 0 Å². The second-order valence-corrected chi connectivity index (χ2v) is 5.29. The summed E-state index contributed by atoms with van der Waals surface area (Å²) in [5.74, 6) is 0.551. The third-order valence-electron chi connectivity index (χ3n) is 3.74. The van der Waals surface area contributed by atoms with Crippen LogP contribution in [0.15, 0.2) is 42.5 Å². The van der Waals surface area contributed by atoms with Crippen LogP contribution >= 0.6 is 0 Å². The summed E-state index contributed by atoms with van der Waals surface area (Å²) < 4.78 is 13.3. The molecule has 0 aromatic heterocycles. The monoisotopic (exact) mass is 255 g/mol. The summed E-state index contributed by atoms with van der Waals surface area (Å²) in [6.07, 6.45) is 2.60. The highest BCUT2D eigenvalue weighted by Crippen LogP contribution is 2.41.